The molecule has 0 N–H and O–H groups in total. The Bertz CT molecular complexity index is 193. The molecule has 0 amide bonds. The zero-order valence-corrected chi connectivity index (χ0v) is 9.34. The molecule has 0 bridgehead atoms. The summed E-state index contributed by atoms with van der Waals surface area (Å²) in [5.41, 5.74) is -0.795. The van der Waals surface area contributed by atoms with E-state index in [4.69, 9.17) is 9.47 Å². The Kier molecular flexibility index (Phi) is 3.93. The van der Waals surface area contributed by atoms with Crippen molar-refractivity contribution >= 4 is 5.97 Å². The molecule has 0 atom stereocenters. The maximum absolute atomic E-state index is 11.4. The molecule has 3 nitrogen and oxygen atoms in total. The molecule has 0 aromatic rings. The van der Waals surface area contributed by atoms with Gasteiger partial charge in [0.05, 0.1) is 13.2 Å². The van der Waals surface area contributed by atoms with E-state index in [1.165, 1.54) is 26.4 Å². The molecule has 0 aliphatic heterocycles. The average Bonchev–Trinajstić information content (AvgIpc) is 2.17. The van der Waals surface area contributed by atoms with Crippen molar-refractivity contribution in [3.8, 4) is 0 Å². The summed E-state index contributed by atoms with van der Waals surface area (Å²) in [5.74, 6) is -0.289. The SMILES string of the molecule is COC(=O)C(C)(C)OC1CCCCC1. The van der Waals surface area contributed by atoms with E-state index in [1.807, 2.05) is 0 Å². The lowest BCUT2D eigenvalue weighted by Gasteiger charge is -2.30. The summed E-state index contributed by atoms with van der Waals surface area (Å²) in [7, 11) is 1.40. The third-order valence-corrected chi connectivity index (χ3v) is 2.69. The van der Waals surface area contributed by atoms with Crippen LogP contribution in [0, 0.1) is 0 Å². The van der Waals surface area contributed by atoms with Gasteiger partial charge in [0.25, 0.3) is 0 Å². The summed E-state index contributed by atoms with van der Waals surface area (Å²) in [4.78, 5) is 11.4. The van der Waals surface area contributed by atoms with E-state index in [0.29, 0.717) is 0 Å². The van der Waals surface area contributed by atoms with Gasteiger partial charge in [-0.15, -0.1) is 0 Å². The first-order valence-corrected chi connectivity index (χ1v) is 5.32. The van der Waals surface area contributed by atoms with Crippen molar-refractivity contribution in [2.75, 3.05) is 7.11 Å². The molecule has 1 rings (SSSR count). The van der Waals surface area contributed by atoms with E-state index in [0.717, 1.165) is 12.8 Å². The van der Waals surface area contributed by atoms with E-state index in [2.05, 4.69) is 0 Å². The lowest BCUT2D eigenvalue weighted by molar-refractivity contribution is -0.173. The number of ether oxygens (including phenoxy) is 2. The fourth-order valence-electron chi connectivity index (χ4n) is 1.89. The second-order valence-corrected chi connectivity index (χ2v) is 4.38. The Morgan fingerprint density at radius 2 is 1.79 bits per heavy atom. The van der Waals surface area contributed by atoms with E-state index >= 15 is 0 Å². The summed E-state index contributed by atoms with van der Waals surface area (Å²) >= 11 is 0. The minimum absolute atomic E-state index is 0.234. The van der Waals surface area contributed by atoms with Gasteiger partial charge < -0.3 is 9.47 Å². The van der Waals surface area contributed by atoms with Crippen LogP contribution < -0.4 is 0 Å². The number of esters is 1. The van der Waals surface area contributed by atoms with Crippen LogP contribution in [0.3, 0.4) is 0 Å². The molecule has 0 saturated heterocycles. The van der Waals surface area contributed by atoms with Gasteiger partial charge in [-0.3, -0.25) is 0 Å². The van der Waals surface area contributed by atoms with Gasteiger partial charge in [0.15, 0.2) is 5.60 Å². The number of carbonyl (C=O) groups excluding carboxylic acids is 1. The molecule has 0 aromatic heterocycles. The van der Waals surface area contributed by atoms with Crippen LogP contribution in [0.4, 0.5) is 0 Å². The van der Waals surface area contributed by atoms with Crippen LogP contribution in [0.1, 0.15) is 46.0 Å². The summed E-state index contributed by atoms with van der Waals surface area (Å²) in [6.45, 7) is 3.54. The topological polar surface area (TPSA) is 35.5 Å². The van der Waals surface area contributed by atoms with Crippen LogP contribution in [0.15, 0.2) is 0 Å². The van der Waals surface area contributed by atoms with Crippen molar-refractivity contribution in [2.24, 2.45) is 0 Å². The molecule has 1 aliphatic rings. The highest BCUT2D eigenvalue weighted by Gasteiger charge is 2.33. The molecule has 1 fully saturated rings. The largest absolute Gasteiger partial charge is 0.467 e. The van der Waals surface area contributed by atoms with Crippen molar-refractivity contribution in [1.82, 2.24) is 0 Å². The third-order valence-electron chi connectivity index (χ3n) is 2.69. The predicted octanol–water partition coefficient (Wildman–Crippen LogP) is 2.29. The van der Waals surface area contributed by atoms with Crippen molar-refractivity contribution in [1.29, 1.82) is 0 Å². The van der Waals surface area contributed by atoms with Crippen molar-refractivity contribution in [3.63, 3.8) is 0 Å². The maximum atomic E-state index is 11.4. The molecule has 0 aromatic carbocycles. The van der Waals surface area contributed by atoms with Gasteiger partial charge in [-0.2, -0.15) is 0 Å². The number of hydrogen-bond acceptors (Lipinski definition) is 3. The number of hydrogen-bond donors (Lipinski definition) is 0. The van der Waals surface area contributed by atoms with Gasteiger partial charge in [-0.1, -0.05) is 19.3 Å². The van der Waals surface area contributed by atoms with Gasteiger partial charge in [0.2, 0.25) is 0 Å². The van der Waals surface area contributed by atoms with Gasteiger partial charge in [-0.05, 0) is 26.7 Å². The van der Waals surface area contributed by atoms with E-state index < -0.39 is 5.60 Å². The molecule has 0 unspecified atom stereocenters. The van der Waals surface area contributed by atoms with Crippen LogP contribution in [0.5, 0.6) is 0 Å². The van der Waals surface area contributed by atoms with Crippen LogP contribution in [-0.4, -0.2) is 24.8 Å². The molecule has 14 heavy (non-hydrogen) atoms. The summed E-state index contributed by atoms with van der Waals surface area (Å²) < 4.78 is 10.4. The Hall–Kier alpha value is -0.570. The third kappa shape index (κ3) is 2.98. The summed E-state index contributed by atoms with van der Waals surface area (Å²) in [5, 5.41) is 0. The van der Waals surface area contributed by atoms with Crippen molar-refractivity contribution in [3.05, 3.63) is 0 Å². The molecule has 0 radical (unpaired) electrons. The Balaban J connectivity index is 2.44. The highest BCUT2D eigenvalue weighted by molar-refractivity contribution is 5.78. The van der Waals surface area contributed by atoms with Crippen LogP contribution in [0.2, 0.25) is 0 Å². The Labute approximate surface area is 85.8 Å². The highest BCUT2D eigenvalue weighted by atomic mass is 16.6. The molecule has 0 spiro atoms. The number of rotatable bonds is 3. The van der Waals surface area contributed by atoms with Crippen LogP contribution >= 0.6 is 0 Å². The molecule has 82 valence electrons. The fourth-order valence-corrected chi connectivity index (χ4v) is 1.89. The Morgan fingerprint density at radius 1 is 1.21 bits per heavy atom. The molecule has 1 saturated carbocycles. The first kappa shape index (κ1) is 11.5. The molecule has 3 heteroatoms. The van der Waals surface area contributed by atoms with E-state index in [1.54, 1.807) is 13.8 Å². The zero-order chi connectivity index (χ0) is 10.6. The van der Waals surface area contributed by atoms with Crippen LogP contribution in [0.25, 0.3) is 0 Å². The lowest BCUT2D eigenvalue weighted by Crippen LogP contribution is -2.40. The van der Waals surface area contributed by atoms with Crippen molar-refractivity contribution < 1.29 is 14.3 Å². The molecule has 1 aliphatic carbocycles. The first-order valence-electron chi connectivity index (χ1n) is 5.32. The van der Waals surface area contributed by atoms with E-state index in [9.17, 15) is 4.79 Å². The van der Waals surface area contributed by atoms with Gasteiger partial charge >= 0.3 is 5.97 Å². The minimum Gasteiger partial charge on any atom is -0.467 e. The summed E-state index contributed by atoms with van der Waals surface area (Å²) in [6, 6.07) is 0. The quantitative estimate of drug-likeness (QED) is 0.656. The predicted molar refractivity (Wildman–Crippen MR) is 54.1 cm³/mol. The number of methoxy groups -OCH3 is 1. The second kappa shape index (κ2) is 4.78. The van der Waals surface area contributed by atoms with Crippen LogP contribution in [-0.2, 0) is 14.3 Å². The molecule has 0 heterocycles. The summed E-state index contributed by atoms with van der Waals surface area (Å²) in [6.07, 6.45) is 6.08. The Morgan fingerprint density at radius 3 is 2.29 bits per heavy atom. The van der Waals surface area contributed by atoms with Gasteiger partial charge in [-0.25, -0.2) is 4.79 Å². The molecular formula is C11H20O3. The second-order valence-electron chi connectivity index (χ2n) is 4.38. The molecular weight excluding hydrogens is 180 g/mol. The lowest BCUT2D eigenvalue weighted by atomic mass is 9.97. The minimum atomic E-state index is -0.795. The zero-order valence-electron chi connectivity index (χ0n) is 9.34. The normalized spacial score (nSPS) is 19.4. The van der Waals surface area contributed by atoms with Crippen molar-refractivity contribution in [2.45, 2.75) is 57.7 Å². The van der Waals surface area contributed by atoms with Gasteiger partial charge in [0, 0.05) is 0 Å². The first-order chi connectivity index (χ1) is 6.56. The van der Waals surface area contributed by atoms with E-state index in [-0.39, 0.29) is 12.1 Å². The smallest absolute Gasteiger partial charge is 0.337 e. The number of carbonyl (C=O) groups is 1. The average molecular weight is 200 g/mol. The fraction of sp³-hybridized carbons (Fsp3) is 0.909. The van der Waals surface area contributed by atoms with Gasteiger partial charge in [0.1, 0.15) is 0 Å². The maximum Gasteiger partial charge on any atom is 0.337 e. The monoisotopic (exact) mass is 200 g/mol. The highest BCUT2D eigenvalue weighted by Crippen LogP contribution is 2.25. The standard InChI is InChI=1S/C11H20O3/c1-11(2,10(12)13-3)14-9-7-5-4-6-8-9/h9H,4-8H2,1-3H3.